The molecule has 0 radical (unpaired) electrons. The fourth-order valence-corrected chi connectivity index (χ4v) is 3.25. The van der Waals surface area contributed by atoms with Crippen molar-refractivity contribution in [2.75, 3.05) is 0 Å². The van der Waals surface area contributed by atoms with E-state index >= 15 is 0 Å². The molecule has 3 aromatic heterocycles. The predicted octanol–water partition coefficient (Wildman–Crippen LogP) is 3.45. The van der Waals surface area contributed by atoms with Crippen molar-refractivity contribution in [1.29, 1.82) is 0 Å². The van der Waals surface area contributed by atoms with Crippen molar-refractivity contribution in [3.63, 3.8) is 0 Å². The minimum atomic E-state index is -0.373. The summed E-state index contributed by atoms with van der Waals surface area (Å²) in [4.78, 5) is 0.588. The van der Waals surface area contributed by atoms with Gasteiger partial charge in [-0.15, -0.1) is 10.2 Å². The zero-order valence-electron chi connectivity index (χ0n) is 11.2. The summed E-state index contributed by atoms with van der Waals surface area (Å²) in [5, 5.41) is 20.3. The molecule has 0 spiro atoms. The van der Waals surface area contributed by atoms with E-state index in [1.165, 1.54) is 21.9 Å². The molecule has 4 aromatic rings. The third kappa shape index (κ3) is 2.13. The van der Waals surface area contributed by atoms with E-state index in [-0.39, 0.29) is 5.82 Å². The topological polar surface area (TPSA) is 71.8 Å². The van der Waals surface area contributed by atoms with Gasteiger partial charge in [-0.25, -0.2) is 4.39 Å². The third-order valence-corrected chi connectivity index (χ3v) is 4.50. The van der Waals surface area contributed by atoms with Crippen LogP contribution in [0.1, 0.15) is 5.69 Å². The zero-order chi connectivity index (χ0) is 15.3. The van der Waals surface area contributed by atoms with Gasteiger partial charge in [-0.2, -0.15) is 14.7 Å². The fourth-order valence-electron chi connectivity index (χ4n) is 2.08. The van der Waals surface area contributed by atoms with E-state index in [1.54, 1.807) is 12.1 Å². The van der Waals surface area contributed by atoms with Gasteiger partial charge in [0.25, 0.3) is 0 Å². The molecule has 0 unspecified atom stereocenters. The maximum atomic E-state index is 14.1. The molecule has 0 saturated carbocycles. The lowest BCUT2D eigenvalue weighted by Gasteiger charge is -2.00. The van der Waals surface area contributed by atoms with Crippen molar-refractivity contribution in [2.24, 2.45) is 0 Å². The predicted molar refractivity (Wildman–Crippen MR) is 84.1 cm³/mol. The van der Waals surface area contributed by atoms with Crippen LogP contribution >= 0.6 is 27.3 Å². The van der Waals surface area contributed by atoms with Gasteiger partial charge >= 0.3 is 0 Å². The minimum Gasteiger partial charge on any atom is -0.282 e. The first kappa shape index (κ1) is 13.5. The summed E-state index contributed by atoms with van der Waals surface area (Å²) < 4.78 is 16.3. The molecule has 110 valence electrons. The Morgan fingerprint density at radius 3 is 2.91 bits per heavy atom. The van der Waals surface area contributed by atoms with Crippen LogP contribution in [0.3, 0.4) is 0 Å². The summed E-state index contributed by atoms with van der Waals surface area (Å²) in [6.45, 7) is 1.92. The van der Waals surface area contributed by atoms with Gasteiger partial charge in [0.1, 0.15) is 11.5 Å². The van der Waals surface area contributed by atoms with Crippen molar-refractivity contribution in [3.8, 4) is 22.1 Å². The van der Waals surface area contributed by atoms with Gasteiger partial charge in [-0.05, 0) is 31.2 Å². The van der Waals surface area contributed by atoms with Gasteiger partial charge in [0.2, 0.25) is 4.96 Å². The third-order valence-electron chi connectivity index (χ3n) is 3.09. The van der Waals surface area contributed by atoms with Crippen LogP contribution in [0.5, 0.6) is 0 Å². The van der Waals surface area contributed by atoms with Crippen molar-refractivity contribution in [2.45, 2.75) is 6.92 Å². The quantitative estimate of drug-likeness (QED) is 0.579. The van der Waals surface area contributed by atoms with Crippen molar-refractivity contribution < 1.29 is 4.39 Å². The number of H-pyrrole nitrogens is 1. The smallest absolute Gasteiger partial charge is 0.235 e. The molecular formula is C13H8BrFN6S. The number of aromatic nitrogens is 6. The van der Waals surface area contributed by atoms with E-state index in [9.17, 15) is 4.39 Å². The van der Waals surface area contributed by atoms with Crippen LogP contribution in [0.15, 0.2) is 28.7 Å². The largest absolute Gasteiger partial charge is 0.282 e. The summed E-state index contributed by atoms with van der Waals surface area (Å²) in [5.41, 5.74) is 2.02. The van der Waals surface area contributed by atoms with E-state index in [2.05, 4.69) is 41.4 Å². The second-order valence-corrected chi connectivity index (χ2v) is 6.56. The first-order valence-corrected chi connectivity index (χ1v) is 7.93. The number of benzene rings is 1. The van der Waals surface area contributed by atoms with Crippen LogP contribution in [-0.2, 0) is 0 Å². The molecule has 0 fully saturated rings. The van der Waals surface area contributed by atoms with Crippen LogP contribution < -0.4 is 0 Å². The van der Waals surface area contributed by atoms with E-state index < -0.39 is 0 Å². The lowest BCUT2D eigenvalue weighted by molar-refractivity contribution is 0.629. The summed E-state index contributed by atoms with van der Waals surface area (Å²) >= 11 is 4.69. The van der Waals surface area contributed by atoms with Crippen molar-refractivity contribution in [1.82, 2.24) is 30.0 Å². The Hall–Kier alpha value is -2.13. The Morgan fingerprint density at radius 2 is 2.14 bits per heavy atom. The number of aryl methyl sites for hydroxylation is 1. The van der Waals surface area contributed by atoms with Crippen molar-refractivity contribution >= 4 is 32.2 Å². The molecule has 9 heteroatoms. The van der Waals surface area contributed by atoms with E-state index in [0.29, 0.717) is 21.4 Å². The number of nitrogens with zero attached hydrogens (tertiary/aromatic N) is 5. The average Bonchev–Trinajstić information content (AvgIpc) is 3.16. The molecule has 0 amide bonds. The summed E-state index contributed by atoms with van der Waals surface area (Å²) in [7, 11) is 0. The molecule has 1 aromatic carbocycles. The Kier molecular flexibility index (Phi) is 3.05. The molecule has 0 bridgehead atoms. The van der Waals surface area contributed by atoms with Gasteiger partial charge in [0.15, 0.2) is 10.8 Å². The minimum absolute atomic E-state index is 0.344. The zero-order valence-corrected chi connectivity index (χ0v) is 13.6. The number of halogens is 2. The maximum absolute atomic E-state index is 14.1. The van der Waals surface area contributed by atoms with Crippen LogP contribution in [0.25, 0.3) is 27.1 Å². The van der Waals surface area contributed by atoms with Crippen LogP contribution in [0.2, 0.25) is 0 Å². The molecule has 0 aliphatic carbocycles. The molecule has 0 aliphatic rings. The number of hydrogen-bond acceptors (Lipinski definition) is 5. The maximum Gasteiger partial charge on any atom is 0.235 e. The van der Waals surface area contributed by atoms with Crippen LogP contribution in [-0.4, -0.2) is 30.0 Å². The number of nitrogens with one attached hydrogen (secondary N) is 1. The molecule has 3 heterocycles. The Labute approximate surface area is 136 Å². The summed E-state index contributed by atoms with van der Waals surface area (Å²) in [6.07, 6.45) is 0. The Bertz CT molecular complexity index is 988. The second-order valence-electron chi connectivity index (χ2n) is 4.69. The highest BCUT2D eigenvalue weighted by atomic mass is 79.9. The fraction of sp³-hybridized carbons (Fsp3) is 0.0769. The van der Waals surface area contributed by atoms with E-state index in [0.717, 1.165) is 15.9 Å². The average molecular weight is 379 g/mol. The highest BCUT2D eigenvalue weighted by molar-refractivity contribution is 9.10. The highest BCUT2D eigenvalue weighted by Crippen LogP contribution is 2.29. The standard InChI is InChI=1S/C13H8BrFN6S/c1-6-4-10(17-16-6)12-20-21-11(18-19-13(21)22-12)8-5-7(14)2-3-9(8)15/h2-5H,1H3,(H,16,17). The van der Waals surface area contributed by atoms with Gasteiger partial charge in [0.05, 0.1) is 5.56 Å². The molecular weight excluding hydrogens is 371 g/mol. The Balaban J connectivity index is 1.89. The molecule has 4 rings (SSSR count). The van der Waals surface area contributed by atoms with Crippen LogP contribution in [0.4, 0.5) is 4.39 Å². The Morgan fingerprint density at radius 1 is 1.27 bits per heavy atom. The number of rotatable bonds is 2. The van der Waals surface area contributed by atoms with Gasteiger partial charge in [-0.3, -0.25) is 5.10 Å². The molecule has 0 aliphatic heterocycles. The van der Waals surface area contributed by atoms with Gasteiger partial charge in [0, 0.05) is 10.2 Å². The molecule has 0 atom stereocenters. The second kappa shape index (κ2) is 4.96. The normalized spacial score (nSPS) is 11.4. The molecule has 6 nitrogen and oxygen atoms in total. The summed E-state index contributed by atoms with van der Waals surface area (Å²) in [6, 6.07) is 6.56. The highest BCUT2D eigenvalue weighted by Gasteiger charge is 2.18. The van der Waals surface area contributed by atoms with Crippen LogP contribution in [0, 0.1) is 12.7 Å². The van der Waals surface area contributed by atoms with E-state index in [1.807, 2.05) is 13.0 Å². The van der Waals surface area contributed by atoms with Gasteiger partial charge < -0.3 is 0 Å². The first-order valence-electron chi connectivity index (χ1n) is 6.32. The number of hydrogen-bond donors (Lipinski definition) is 1. The molecule has 0 saturated heterocycles. The van der Waals surface area contributed by atoms with Gasteiger partial charge in [-0.1, -0.05) is 27.3 Å². The number of fused-ring (bicyclic) bond motifs is 1. The molecule has 1 N–H and O–H groups in total. The summed E-state index contributed by atoms with van der Waals surface area (Å²) in [5.74, 6) is -0.00813. The van der Waals surface area contributed by atoms with Crippen molar-refractivity contribution in [3.05, 3.63) is 40.2 Å². The first-order chi connectivity index (χ1) is 10.6. The lowest BCUT2D eigenvalue weighted by Crippen LogP contribution is -1.94. The number of aromatic amines is 1. The SMILES string of the molecule is Cc1cc(-c2nn3c(-c4cc(Br)ccc4F)nnc3s2)n[nH]1. The molecule has 22 heavy (non-hydrogen) atoms. The van der Waals surface area contributed by atoms with E-state index in [4.69, 9.17) is 0 Å². The lowest BCUT2D eigenvalue weighted by atomic mass is 10.2. The monoisotopic (exact) mass is 378 g/mol.